The van der Waals surface area contributed by atoms with E-state index in [1.165, 1.54) is 40.9 Å². The molecule has 1 unspecified atom stereocenters. The Morgan fingerprint density at radius 2 is 1.87 bits per heavy atom. The molecule has 0 radical (unpaired) electrons. The number of carbonyl (C=O) groups excluding carboxylic acids is 2. The van der Waals surface area contributed by atoms with Crippen LogP contribution in [0.1, 0.15) is 24.5 Å². The van der Waals surface area contributed by atoms with Gasteiger partial charge >= 0.3 is 0 Å². The predicted octanol–water partition coefficient (Wildman–Crippen LogP) is 2.93. The largest absolute Gasteiger partial charge is 0.326 e. The summed E-state index contributed by atoms with van der Waals surface area (Å²) in [7, 11) is -3.79. The van der Waals surface area contributed by atoms with Crippen molar-refractivity contribution in [2.45, 2.75) is 37.3 Å². The summed E-state index contributed by atoms with van der Waals surface area (Å²) in [5.74, 6) is -0.419. The number of anilines is 1. The van der Waals surface area contributed by atoms with Gasteiger partial charge in [-0.2, -0.15) is 0 Å². The highest BCUT2D eigenvalue weighted by molar-refractivity contribution is 8.15. The van der Waals surface area contributed by atoms with Gasteiger partial charge in [0.05, 0.1) is 10.6 Å². The summed E-state index contributed by atoms with van der Waals surface area (Å²) >= 11 is 1.22. The zero-order chi connectivity index (χ0) is 22.8. The normalized spacial score (nSPS) is 17.9. The third-order valence-corrected chi connectivity index (χ3v) is 6.87. The van der Waals surface area contributed by atoms with Crippen molar-refractivity contribution in [3.05, 3.63) is 53.6 Å². The van der Waals surface area contributed by atoms with Crippen molar-refractivity contribution in [3.63, 3.8) is 0 Å². The SMILES string of the molecule is CCN1C(=O)C(CC(=O)Nc2cc(C)ccc2C)SC1=Nc1ccc(S(N)(=O)=O)cc1. The zero-order valence-electron chi connectivity index (χ0n) is 17.5. The van der Waals surface area contributed by atoms with Crippen LogP contribution in [-0.2, 0) is 19.6 Å². The van der Waals surface area contributed by atoms with Gasteiger partial charge in [0.2, 0.25) is 21.8 Å². The number of hydrogen-bond acceptors (Lipinski definition) is 6. The van der Waals surface area contributed by atoms with Crippen LogP contribution in [0.4, 0.5) is 11.4 Å². The van der Waals surface area contributed by atoms with E-state index in [4.69, 9.17) is 5.14 Å². The summed E-state index contributed by atoms with van der Waals surface area (Å²) < 4.78 is 22.8. The minimum absolute atomic E-state index is 0.0139. The van der Waals surface area contributed by atoms with Gasteiger partial charge in [-0.15, -0.1) is 0 Å². The third kappa shape index (κ3) is 5.52. The van der Waals surface area contributed by atoms with Gasteiger partial charge in [-0.1, -0.05) is 23.9 Å². The second-order valence-electron chi connectivity index (χ2n) is 7.19. The molecule has 0 spiro atoms. The number of aryl methyl sites for hydroxylation is 2. The summed E-state index contributed by atoms with van der Waals surface area (Å²) in [5.41, 5.74) is 3.20. The molecule has 0 bridgehead atoms. The van der Waals surface area contributed by atoms with E-state index in [9.17, 15) is 18.0 Å². The van der Waals surface area contributed by atoms with Crippen molar-refractivity contribution in [2.24, 2.45) is 10.1 Å². The summed E-state index contributed by atoms with van der Waals surface area (Å²) in [6, 6.07) is 11.6. The third-order valence-electron chi connectivity index (χ3n) is 4.76. The van der Waals surface area contributed by atoms with Crippen LogP contribution >= 0.6 is 11.8 Å². The minimum atomic E-state index is -3.79. The number of carbonyl (C=O) groups is 2. The number of amidine groups is 1. The van der Waals surface area contributed by atoms with E-state index < -0.39 is 15.3 Å². The van der Waals surface area contributed by atoms with Gasteiger partial charge in [0, 0.05) is 18.7 Å². The molecule has 2 aromatic rings. The standard InChI is InChI=1S/C21H24N4O4S2/c1-4-25-20(27)18(12-19(26)24-17-11-13(2)5-6-14(17)3)30-21(25)23-15-7-9-16(10-8-15)31(22,28)29/h5-11,18H,4,12H2,1-3H3,(H,24,26)(H2,22,28,29). The molecule has 0 aliphatic carbocycles. The topological polar surface area (TPSA) is 122 Å². The van der Waals surface area contributed by atoms with Gasteiger partial charge in [0.1, 0.15) is 5.25 Å². The predicted molar refractivity (Wildman–Crippen MR) is 123 cm³/mol. The molecule has 8 nitrogen and oxygen atoms in total. The molecule has 1 heterocycles. The smallest absolute Gasteiger partial charge is 0.242 e. The van der Waals surface area contributed by atoms with E-state index in [-0.39, 0.29) is 23.1 Å². The van der Waals surface area contributed by atoms with Crippen molar-refractivity contribution >= 4 is 50.1 Å². The van der Waals surface area contributed by atoms with E-state index in [0.717, 1.165) is 16.8 Å². The molecule has 1 saturated heterocycles. The van der Waals surface area contributed by atoms with Crippen LogP contribution < -0.4 is 10.5 Å². The summed E-state index contributed by atoms with van der Waals surface area (Å²) in [5, 5.41) is 7.89. The lowest BCUT2D eigenvalue weighted by Gasteiger charge is -2.13. The van der Waals surface area contributed by atoms with E-state index in [1.54, 1.807) is 0 Å². The first-order chi connectivity index (χ1) is 14.6. The molecule has 0 saturated carbocycles. The minimum Gasteiger partial charge on any atom is -0.326 e. The Labute approximate surface area is 186 Å². The van der Waals surface area contributed by atoms with Gasteiger partial charge in [0.15, 0.2) is 5.17 Å². The van der Waals surface area contributed by atoms with Crippen molar-refractivity contribution in [1.82, 2.24) is 4.90 Å². The number of benzene rings is 2. The molecule has 10 heteroatoms. The van der Waals surface area contributed by atoms with Gasteiger partial charge in [-0.3, -0.25) is 14.5 Å². The first kappa shape index (κ1) is 23.0. The van der Waals surface area contributed by atoms with Crippen LogP contribution in [-0.4, -0.2) is 42.1 Å². The maximum Gasteiger partial charge on any atom is 0.242 e. The lowest BCUT2D eigenvalue weighted by Crippen LogP contribution is -2.33. The molecular weight excluding hydrogens is 436 g/mol. The van der Waals surface area contributed by atoms with Crippen LogP contribution in [0.15, 0.2) is 52.4 Å². The highest BCUT2D eigenvalue weighted by Crippen LogP contribution is 2.32. The Balaban J connectivity index is 1.74. The molecule has 31 heavy (non-hydrogen) atoms. The Kier molecular flexibility index (Phi) is 6.83. The Morgan fingerprint density at radius 1 is 1.19 bits per heavy atom. The van der Waals surface area contributed by atoms with Crippen LogP contribution in [0.2, 0.25) is 0 Å². The first-order valence-corrected chi connectivity index (χ1v) is 12.1. The molecule has 1 atom stereocenters. The monoisotopic (exact) mass is 460 g/mol. The fourth-order valence-electron chi connectivity index (χ4n) is 3.08. The maximum absolute atomic E-state index is 12.8. The summed E-state index contributed by atoms with van der Waals surface area (Å²) in [6.45, 7) is 6.10. The van der Waals surface area contributed by atoms with E-state index in [2.05, 4.69) is 10.3 Å². The van der Waals surface area contributed by atoms with Crippen molar-refractivity contribution in [2.75, 3.05) is 11.9 Å². The van der Waals surface area contributed by atoms with Crippen LogP contribution in [0.5, 0.6) is 0 Å². The molecule has 1 aliphatic heterocycles. The fourth-order valence-corrected chi connectivity index (χ4v) is 4.81. The average molecular weight is 461 g/mol. The number of nitrogens with one attached hydrogen (secondary N) is 1. The van der Waals surface area contributed by atoms with Crippen molar-refractivity contribution < 1.29 is 18.0 Å². The van der Waals surface area contributed by atoms with Crippen LogP contribution in [0.3, 0.4) is 0 Å². The second kappa shape index (κ2) is 9.21. The number of hydrogen-bond donors (Lipinski definition) is 2. The van der Waals surface area contributed by atoms with E-state index in [0.29, 0.717) is 17.4 Å². The Morgan fingerprint density at radius 3 is 2.48 bits per heavy atom. The highest BCUT2D eigenvalue weighted by atomic mass is 32.2. The number of aliphatic imine (C=N–C) groups is 1. The molecule has 2 amide bonds. The molecule has 3 N–H and O–H groups in total. The highest BCUT2D eigenvalue weighted by Gasteiger charge is 2.38. The number of amides is 2. The molecule has 164 valence electrons. The quantitative estimate of drug-likeness (QED) is 0.686. The molecule has 1 aliphatic rings. The van der Waals surface area contributed by atoms with Crippen LogP contribution in [0, 0.1) is 13.8 Å². The number of nitrogens with zero attached hydrogens (tertiary/aromatic N) is 2. The molecule has 2 aromatic carbocycles. The summed E-state index contributed by atoms with van der Waals surface area (Å²) in [6.07, 6.45) is 0.0246. The number of nitrogens with two attached hydrogens (primary N) is 1. The Bertz CT molecular complexity index is 1140. The van der Waals surface area contributed by atoms with Crippen molar-refractivity contribution in [1.29, 1.82) is 0 Å². The maximum atomic E-state index is 12.8. The van der Waals surface area contributed by atoms with Gasteiger partial charge < -0.3 is 5.32 Å². The fraction of sp³-hybridized carbons (Fsp3) is 0.286. The zero-order valence-corrected chi connectivity index (χ0v) is 19.1. The summed E-state index contributed by atoms with van der Waals surface area (Å²) in [4.78, 5) is 31.3. The second-order valence-corrected chi connectivity index (χ2v) is 9.92. The number of thioether (sulfide) groups is 1. The van der Waals surface area contributed by atoms with Crippen molar-refractivity contribution in [3.8, 4) is 0 Å². The number of rotatable bonds is 6. The molecule has 3 rings (SSSR count). The number of primary sulfonamides is 1. The average Bonchev–Trinajstić information content (AvgIpc) is 2.98. The number of sulfonamides is 1. The van der Waals surface area contributed by atoms with Gasteiger partial charge in [-0.05, 0) is 62.2 Å². The van der Waals surface area contributed by atoms with E-state index in [1.807, 2.05) is 39.0 Å². The lowest BCUT2D eigenvalue weighted by molar-refractivity contribution is -0.128. The Hall–Kier alpha value is -2.69. The van der Waals surface area contributed by atoms with Gasteiger partial charge in [-0.25, -0.2) is 18.5 Å². The molecule has 0 aromatic heterocycles. The molecule has 1 fully saturated rings. The van der Waals surface area contributed by atoms with Crippen LogP contribution in [0.25, 0.3) is 0 Å². The van der Waals surface area contributed by atoms with Gasteiger partial charge in [0.25, 0.3) is 0 Å². The first-order valence-electron chi connectivity index (χ1n) is 9.65. The lowest BCUT2D eigenvalue weighted by atomic mass is 10.1. The molecular formula is C21H24N4O4S2. The van der Waals surface area contributed by atoms with E-state index >= 15 is 0 Å².